The van der Waals surface area contributed by atoms with E-state index in [-0.39, 0.29) is 5.82 Å². The summed E-state index contributed by atoms with van der Waals surface area (Å²) in [5.74, 6) is 0.307. The standard InChI is InChI=1S/C9H12FN/c1-7(2)3-8-4-9(10)6-11-5-8/h4-7H,3H2,1-2H3/i10-1. The Morgan fingerprint density at radius 3 is 2.73 bits per heavy atom. The molecule has 0 spiro atoms. The van der Waals surface area contributed by atoms with Crippen LogP contribution in [-0.4, -0.2) is 4.98 Å². The minimum Gasteiger partial charge on any atom is -0.261 e. The summed E-state index contributed by atoms with van der Waals surface area (Å²) in [5, 5.41) is 0. The van der Waals surface area contributed by atoms with E-state index in [1.807, 2.05) is 0 Å². The molecule has 0 bridgehead atoms. The van der Waals surface area contributed by atoms with E-state index in [0.29, 0.717) is 5.92 Å². The summed E-state index contributed by atoms with van der Waals surface area (Å²) >= 11 is 0. The molecule has 1 rings (SSSR count). The average molecular weight is 152 g/mol. The molecule has 0 saturated carbocycles. The molecular weight excluding hydrogens is 140 g/mol. The van der Waals surface area contributed by atoms with Crippen molar-refractivity contribution in [2.24, 2.45) is 5.92 Å². The summed E-state index contributed by atoms with van der Waals surface area (Å²) in [4.78, 5) is 3.76. The zero-order valence-electron chi connectivity index (χ0n) is 6.84. The summed E-state index contributed by atoms with van der Waals surface area (Å²) in [6, 6.07) is 1.53. The largest absolute Gasteiger partial charge is 0.261 e. The molecule has 0 aliphatic carbocycles. The maximum absolute atomic E-state index is 12.6. The highest BCUT2D eigenvalue weighted by Crippen LogP contribution is 2.07. The minimum absolute atomic E-state index is 0.247. The lowest BCUT2D eigenvalue weighted by Crippen LogP contribution is -1.95. The summed E-state index contributed by atoms with van der Waals surface area (Å²) < 4.78 is 12.6. The fourth-order valence-corrected chi connectivity index (χ4v) is 1.04. The van der Waals surface area contributed by atoms with Crippen LogP contribution in [-0.2, 0) is 6.42 Å². The molecule has 60 valence electrons. The van der Waals surface area contributed by atoms with Gasteiger partial charge in [0, 0.05) is 6.20 Å². The van der Waals surface area contributed by atoms with Gasteiger partial charge in [0.15, 0.2) is 0 Å². The SMILES string of the molecule is CC(C)Cc1cncc([18F])c1. The van der Waals surface area contributed by atoms with Crippen LogP contribution in [0.5, 0.6) is 0 Å². The van der Waals surface area contributed by atoms with Gasteiger partial charge < -0.3 is 0 Å². The van der Waals surface area contributed by atoms with Gasteiger partial charge in [-0.05, 0) is 24.0 Å². The maximum atomic E-state index is 12.6. The van der Waals surface area contributed by atoms with E-state index >= 15 is 0 Å². The van der Waals surface area contributed by atoms with E-state index < -0.39 is 0 Å². The number of pyridine rings is 1. The van der Waals surface area contributed by atoms with Gasteiger partial charge in [-0.15, -0.1) is 0 Å². The second-order valence-electron chi connectivity index (χ2n) is 3.11. The van der Waals surface area contributed by atoms with E-state index in [4.69, 9.17) is 0 Å². The molecule has 0 aliphatic rings. The van der Waals surface area contributed by atoms with Crippen LogP contribution < -0.4 is 0 Å². The topological polar surface area (TPSA) is 12.9 Å². The molecule has 0 aromatic carbocycles. The Labute approximate surface area is 66.3 Å². The van der Waals surface area contributed by atoms with Crippen molar-refractivity contribution in [1.82, 2.24) is 4.98 Å². The van der Waals surface area contributed by atoms with Gasteiger partial charge in [0.05, 0.1) is 6.20 Å². The molecule has 0 saturated heterocycles. The molecule has 0 atom stereocenters. The third-order valence-corrected chi connectivity index (χ3v) is 1.41. The lowest BCUT2D eigenvalue weighted by Gasteiger charge is -2.02. The van der Waals surface area contributed by atoms with Crippen molar-refractivity contribution < 1.29 is 4.39 Å². The molecule has 11 heavy (non-hydrogen) atoms. The van der Waals surface area contributed by atoms with Gasteiger partial charge in [0.1, 0.15) is 5.82 Å². The Morgan fingerprint density at radius 2 is 2.18 bits per heavy atom. The Kier molecular flexibility index (Phi) is 2.58. The second-order valence-corrected chi connectivity index (χ2v) is 3.11. The van der Waals surface area contributed by atoms with Crippen LogP contribution in [0.4, 0.5) is 4.39 Å². The molecule has 0 amide bonds. The molecule has 1 aromatic heterocycles. The molecule has 1 nitrogen and oxygen atoms in total. The average Bonchev–Trinajstić information content (AvgIpc) is 1.85. The molecule has 0 radical (unpaired) electrons. The summed E-state index contributed by atoms with van der Waals surface area (Å²) in [6.07, 6.45) is 3.83. The van der Waals surface area contributed by atoms with Crippen molar-refractivity contribution in [3.63, 3.8) is 0 Å². The fourth-order valence-electron chi connectivity index (χ4n) is 1.04. The molecular formula is C9H12FN. The number of nitrogens with zero attached hydrogens (tertiary/aromatic N) is 1. The first kappa shape index (κ1) is 8.18. The minimum atomic E-state index is -0.247. The quantitative estimate of drug-likeness (QED) is 0.634. The van der Waals surface area contributed by atoms with Crippen molar-refractivity contribution in [3.8, 4) is 0 Å². The fraction of sp³-hybridized carbons (Fsp3) is 0.444. The third kappa shape index (κ3) is 2.66. The predicted octanol–water partition coefficient (Wildman–Crippen LogP) is 2.42. The second kappa shape index (κ2) is 3.46. The molecule has 0 N–H and O–H groups in total. The Bertz CT molecular complexity index is 233. The smallest absolute Gasteiger partial charge is 0.141 e. The van der Waals surface area contributed by atoms with E-state index in [0.717, 1.165) is 12.0 Å². The third-order valence-electron chi connectivity index (χ3n) is 1.41. The van der Waals surface area contributed by atoms with Gasteiger partial charge in [-0.1, -0.05) is 13.8 Å². The van der Waals surface area contributed by atoms with Gasteiger partial charge in [-0.25, -0.2) is 4.39 Å². The van der Waals surface area contributed by atoms with Gasteiger partial charge in [0.25, 0.3) is 0 Å². The molecule has 0 aliphatic heterocycles. The summed E-state index contributed by atoms with van der Waals surface area (Å²) in [5.41, 5.74) is 0.972. The van der Waals surface area contributed by atoms with Gasteiger partial charge in [-0.3, -0.25) is 4.98 Å². The number of rotatable bonds is 2. The molecule has 1 heterocycles. The van der Waals surface area contributed by atoms with Crippen molar-refractivity contribution in [2.75, 3.05) is 0 Å². The lowest BCUT2D eigenvalue weighted by atomic mass is 10.1. The van der Waals surface area contributed by atoms with E-state index in [1.54, 1.807) is 6.20 Å². The van der Waals surface area contributed by atoms with Crippen molar-refractivity contribution >= 4 is 0 Å². The number of aromatic nitrogens is 1. The highest BCUT2D eigenvalue weighted by atomic mass is 18.2. The highest BCUT2D eigenvalue weighted by molar-refractivity contribution is 5.10. The number of halogens is 1. The van der Waals surface area contributed by atoms with Crippen LogP contribution in [0.25, 0.3) is 0 Å². The monoisotopic (exact) mass is 152 g/mol. The Hall–Kier alpha value is -0.920. The highest BCUT2D eigenvalue weighted by Gasteiger charge is 1.98. The first-order valence-corrected chi connectivity index (χ1v) is 3.78. The number of hydrogen-bond acceptors (Lipinski definition) is 1. The number of hydrogen-bond donors (Lipinski definition) is 0. The van der Waals surface area contributed by atoms with Gasteiger partial charge in [-0.2, -0.15) is 0 Å². The van der Waals surface area contributed by atoms with E-state index in [1.165, 1.54) is 12.3 Å². The first-order valence-electron chi connectivity index (χ1n) is 3.78. The van der Waals surface area contributed by atoms with Crippen LogP contribution in [0.1, 0.15) is 19.4 Å². The lowest BCUT2D eigenvalue weighted by molar-refractivity contribution is 0.605. The van der Waals surface area contributed by atoms with Crippen LogP contribution in [0, 0.1) is 11.7 Å². The Balaban J connectivity index is 2.71. The van der Waals surface area contributed by atoms with Crippen LogP contribution in [0.15, 0.2) is 18.5 Å². The van der Waals surface area contributed by atoms with Crippen LogP contribution >= 0.6 is 0 Å². The van der Waals surface area contributed by atoms with E-state index in [2.05, 4.69) is 18.8 Å². The maximum Gasteiger partial charge on any atom is 0.141 e. The van der Waals surface area contributed by atoms with Crippen LogP contribution in [0.3, 0.4) is 0 Å². The van der Waals surface area contributed by atoms with Gasteiger partial charge >= 0.3 is 0 Å². The predicted molar refractivity (Wildman–Crippen MR) is 42.7 cm³/mol. The van der Waals surface area contributed by atoms with Crippen molar-refractivity contribution in [2.45, 2.75) is 20.3 Å². The molecule has 2 heteroatoms. The van der Waals surface area contributed by atoms with Gasteiger partial charge in [0.2, 0.25) is 0 Å². The molecule has 0 fully saturated rings. The van der Waals surface area contributed by atoms with E-state index in [9.17, 15) is 4.39 Å². The van der Waals surface area contributed by atoms with Crippen molar-refractivity contribution in [1.29, 1.82) is 0 Å². The molecule has 0 unspecified atom stereocenters. The molecule has 1 aromatic rings. The zero-order valence-corrected chi connectivity index (χ0v) is 6.84. The van der Waals surface area contributed by atoms with Crippen molar-refractivity contribution in [3.05, 3.63) is 29.8 Å². The van der Waals surface area contributed by atoms with Crippen LogP contribution in [0.2, 0.25) is 0 Å². The summed E-state index contributed by atoms with van der Waals surface area (Å²) in [6.45, 7) is 4.20. The summed E-state index contributed by atoms with van der Waals surface area (Å²) in [7, 11) is 0. The zero-order chi connectivity index (χ0) is 8.27. The first-order chi connectivity index (χ1) is 5.18. The normalized spacial score (nSPS) is 10.5. The Morgan fingerprint density at radius 1 is 1.45 bits per heavy atom.